The molecule has 0 fully saturated rings. The number of rotatable bonds is 14. The van der Waals surface area contributed by atoms with Crippen LogP contribution in [0.15, 0.2) is 30.5 Å². The normalized spacial score (nSPS) is 14.9. The lowest BCUT2D eigenvalue weighted by Crippen LogP contribution is -2.57. The van der Waals surface area contributed by atoms with Gasteiger partial charge in [-0.2, -0.15) is 0 Å². The number of likely N-dealkylation sites (N-methyl/N-ethyl adjacent to an activating group) is 1. The first kappa shape index (κ1) is 35.5. The summed E-state index contributed by atoms with van der Waals surface area (Å²) < 4.78 is 12.1. The molecule has 2 aromatic rings. The molecule has 0 aliphatic carbocycles. The minimum Gasteiger partial charge on any atom is -0.459 e. The van der Waals surface area contributed by atoms with Crippen LogP contribution in [0, 0.1) is 5.92 Å². The summed E-state index contributed by atoms with van der Waals surface area (Å²) >= 11 is 0. The summed E-state index contributed by atoms with van der Waals surface area (Å²) in [6.45, 7) is 20.7. The SMILES string of the molecule is CNC(=O)[C@H](Cc1c[nH]c2ccccc12)NC(=O)[C@H](CC(C)C)N[C@H](CCO[Si](C)(C)C(C)(C)C)C(=O)OC(C)(C)C. The summed E-state index contributed by atoms with van der Waals surface area (Å²) in [5.41, 5.74) is 1.22. The van der Waals surface area contributed by atoms with Gasteiger partial charge in [-0.1, -0.05) is 52.8 Å². The molecule has 0 saturated heterocycles. The van der Waals surface area contributed by atoms with E-state index in [0.717, 1.165) is 16.5 Å². The minimum atomic E-state index is -2.04. The molecule has 3 atom stereocenters. The number of hydrogen-bond acceptors (Lipinski definition) is 6. The van der Waals surface area contributed by atoms with Crippen molar-refractivity contribution >= 4 is 37.0 Å². The lowest BCUT2D eigenvalue weighted by molar-refractivity contribution is -0.158. The fraction of sp³-hybridized carbons (Fsp3) is 0.656. The van der Waals surface area contributed by atoms with E-state index in [1.807, 2.05) is 65.1 Å². The number of aromatic amines is 1. The molecule has 2 rings (SSSR count). The number of fused-ring (bicyclic) bond motifs is 1. The zero-order valence-corrected chi connectivity index (χ0v) is 28.6. The van der Waals surface area contributed by atoms with Gasteiger partial charge in [0.15, 0.2) is 8.32 Å². The number of aromatic nitrogens is 1. The topological polar surface area (TPSA) is 122 Å². The van der Waals surface area contributed by atoms with E-state index in [1.165, 1.54) is 0 Å². The average Bonchev–Trinajstić information content (AvgIpc) is 3.27. The molecule has 2 amide bonds. The number of para-hydroxylation sites is 1. The lowest BCUT2D eigenvalue weighted by Gasteiger charge is -2.36. The van der Waals surface area contributed by atoms with E-state index >= 15 is 0 Å². The molecule has 42 heavy (non-hydrogen) atoms. The second-order valence-corrected chi connectivity index (χ2v) is 18.9. The van der Waals surface area contributed by atoms with Crippen LogP contribution in [0.3, 0.4) is 0 Å². The highest BCUT2D eigenvalue weighted by Crippen LogP contribution is 2.36. The first-order chi connectivity index (χ1) is 19.3. The Morgan fingerprint density at radius 3 is 2.17 bits per heavy atom. The van der Waals surface area contributed by atoms with Crippen LogP contribution in [0.2, 0.25) is 18.1 Å². The van der Waals surface area contributed by atoms with Crippen molar-refractivity contribution < 1.29 is 23.5 Å². The Bertz CT molecular complexity index is 1200. The molecule has 0 unspecified atom stereocenters. The predicted octanol–water partition coefficient (Wildman–Crippen LogP) is 5.07. The van der Waals surface area contributed by atoms with Crippen molar-refractivity contribution in [1.82, 2.24) is 20.9 Å². The summed E-state index contributed by atoms with van der Waals surface area (Å²) in [6.07, 6.45) is 3.02. The number of esters is 1. The number of ether oxygens (including phenoxy) is 1. The first-order valence-electron chi connectivity index (χ1n) is 15.0. The molecule has 1 aromatic heterocycles. The number of carbonyl (C=O) groups excluding carboxylic acids is 3. The summed E-state index contributed by atoms with van der Waals surface area (Å²) in [5.74, 6) is -0.896. The van der Waals surface area contributed by atoms with E-state index in [-0.39, 0.29) is 22.8 Å². The van der Waals surface area contributed by atoms with Crippen LogP contribution in [-0.4, -0.2) is 68.5 Å². The van der Waals surface area contributed by atoms with E-state index in [9.17, 15) is 14.4 Å². The summed E-state index contributed by atoms with van der Waals surface area (Å²) in [6, 6.07) is 5.59. The van der Waals surface area contributed by atoms with Gasteiger partial charge >= 0.3 is 5.97 Å². The average molecular weight is 603 g/mol. The Hall–Kier alpha value is -2.69. The van der Waals surface area contributed by atoms with Crippen molar-refractivity contribution in [2.75, 3.05) is 13.7 Å². The fourth-order valence-corrected chi connectivity index (χ4v) is 5.49. The number of hydrogen-bond donors (Lipinski definition) is 4. The van der Waals surface area contributed by atoms with Crippen molar-refractivity contribution in [1.29, 1.82) is 0 Å². The van der Waals surface area contributed by atoms with Gasteiger partial charge < -0.3 is 24.8 Å². The minimum absolute atomic E-state index is 0.0293. The molecular weight excluding hydrogens is 548 g/mol. The van der Waals surface area contributed by atoms with Gasteiger partial charge in [0.1, 0.15) is 17.7 Å². The predicted molar refractivity (Wildman–Crippen MR) is 172 cm³/mol. The third-order valence-electron chi connectivity index (χ3n) is 7.77. The van der Waals surface area contributed by atoms with Gasteiger partial charge in [-0.15, -0.1) is 0 Å². The fourth-order valence-electron chi connectivity index (χ4n) is 4.43. The second-order valence-electron chi connectivity index (χ2n) is 14.1. The zero-order chi connectivity index (χ0) is 31.9. The van der Waals surface area contributed by atoms with Gasteiger partial charge in [-0.25, -0.2) is 0 Å². The van der Waals surface area contributed by atoms with E-state index in [1.54, 1.807) is 7.05 Å². The number of H-pyrrole nitrogens is 1. The molecule has 9 nitrogen and oxygen atoms in total. The van der Waals surface area contributed by atoms with E-state index in [4.69, 9.17) is 9.16 Å². The van der Waals surface area contributed by atoms with Crippen LogP contribution in [0.5, 0.6) is 0 Å². The summed E-state index contributed by atoms with van der Waals surface area (Å²) in [7, 11) is -0.480. The highest BCUT2D eigenvalue weighted by atomic mass is 28.4. The van der Waals surface area contributed by atoms with E-state index < -0.39 is 38.0 Å². The Morgan fingerprint density at radius 2 is 1.60 bits per heavy atom. The second kappa shape index (κ2) is 14.7. The molecule has 0 bridgehead atoms. The van der Waals surface area contributed by atoms with Gasteiger partial charge in [0.25, 0.3) is 0 Å². The van der Waals surface area contributed by atoms with E-state index in [2.05, 4.69) is 54.8 Å². The third kappa shape index (κ3) is 10.5. The van der Waals surface area contributed by atoms with Gasteiger partial charge in [-0.3, -0.25) is 19.7 Å². The van der Waals surface area contributed by atoms with Crippen LogP contribution in [0.4, 0.5) is 0 Å². The highest BCUT2D eigenvalue weighted by molar-refractivity contribution is 6.74. The van der Waals surface area contributed by atoms with Gasteiger partial charge in [-0.05, 0) is 69.3 Å². The zero-order valence-electron chi connectivity index (χ0n) is 27.6. The lowest BCUT2D eigenvalue weighted by atomic mass is 9.99. The van der Waals surface area contributed by atoms with Crippen LogP contribution < -0.4 is 16.0 Å². The maximum Gasteiger partial charge on any atom is 0.323 e. The van der Waals surface area contributed by atoms with Crippen molar-refractivity contribution in [3.05, 3.63) is 36.0 Å². The molecular formula is C32H54N4O5Si. The Morgan fingerprint density at radius 1 is 0.952 bits per heavy atom. The van der Waals surface area contributed by atoms with Crippen molar-refractivity contribution in [3.8, 4) is 0 Å². The molecule has 10 heteroatoms. The quantitative estimate of drug-likeness (QED) is 0.177. The molecule has 0 saturated carbocycles. The number of amides is 2. The maximum atomic E-state index is 13.8. The van der Waals surface area contributed by atoms with Crippen LogP contribution >= 0.6 is 0 Å². The standard InChI is InChI=1S/C32H54N4O5Si/c1-21(2)18-26(35-25(30(39)41-31(3,4)5)16-17-40-42(10,11)32(6,7)8)29(38)36-27(28(37)33-9)19-22-20-34-24-15-13-12-14-23(22)24/h12-15,20-21,25-27,34-35H,16-19H2,1-11H3,(H,33,37)(H,36,38)/t25-,26+,27+/m1/s1. The van der Waals surface area contributed by atoms with Crippen molar-refractivity contribution in [3.63, 3.8) is 0 Å². The van der Waals surface area contributed by atoms with Crippen molar-refractivity contribution in [2.45, 2.75) is 117 Å². The molecule has 1 heterocycles. The third-order valence-corrected chi connectivity index (χ3v) is 12.3. The molecule has 4 N–H and O–H groups in total. The molecule has 1 aromatic carbocycles. The number of nitrogens with one attached hydrogen (secondary N) is 4. The molecule has 0 aliphatic rings. The van der Waals surface area contributed by atoms with E-state index in [0.29, 0.717) is 25.9 Å². The molecule has 0 aliphatic heterocycles. The van der Waals surface area contributed by atoms with Crippen LogP contribution in [-0.2, 0) is 30.0 Å². The first-order valence-corrected chi connectivity index (χ1v) is 17.9. The largest absolute Gasteiger partial charge is 0.459 e. The maximum absolute atomic E-state index is 13.8. The van der Waals surface area contributed by atoms with Gasteiger partial charge in [0.05, 0.1) is 6.04 Å². The van der Waals surface area contributed by atoms with Gasteiger partial charge in [0.2, 0.25) is 11.8 Å². The Labute approximate surface area is 253 Å². The Kier molecular flexibility index (Phi) is 12.4. The monoisotopic (exact) mass is 602 g/mol. The Balaban J connectivity index is 2.28. The molecule has 236 valence electrons. The highest BCUT2D eigenvalue weighted by Gasteiger charge is 2.38. The van der Waals surface area contributed by atoms with Gasteiger partial charge in [0, 0.05) is 37.2 Å². The number of carbonyl (C=O) groups is 3. The van der Waals surface area contributed by atoms with Crippen LogP contribution in [0.25, 0.3) is 10.9 Å². The smallest absolute Gasteiger partial charge is 0.323 e. The molecule has 0 spiro atoms. The van der Waals surface area contributed by atoms with Crippen LogP contribution in [0.1, 0.15) is 73.8 Å². The number of benzene rings is 1. The molecule has 0 radical (unpaired) electrons. The summed E-state index contributed by atoms with van der Waals surface area (Å²) in [4.78, 5) is 43.3. The summed E-state index contributed by atoms with van der Waals surface area (Å²) in [5, 5.41) is 9.97. The van der Waals surface area contributed by atoms with Crippen molar-refractivity contribution in [2.24, 2.45) is 5.92 Å².